The van der Waals surface area contributed by atoms with Crippen molar-refractivity contribution >= 4 is 5.82 Å². The van der Waals surface area contributed by atoms with Crippen LogP contribution in [-0.2, 0) is 0 Å². The van der Waals surface area contributed by atoms with Crippen LogP contribution in [0.25, 0.3) is 0 Å². The van der Waals surface area contributed by atoms with E-state index < -0.39 is 0 Å². The van der Waals surface area contributed by atoms with Crippen LogP contribution < -0.4 is 10.5 Å². The van der Waals surface area contributed by atoms with E-state index in [2.05, 4.69) is 24.0 Å². The molecule has 1 heterocycles. The first-order valence-corrected chi connectivity index (χ1v) is 5.56. The minimum atomic E-state index is 0.231. The molecule has 0 radical (unpaired) electrons. The van der Waals surface area contributed by atoms with Crippen molar-refractivity contribution in [2.24, 2.45) is 0 Å². The molecule has 2 aromatic rings. The quantitative estimate of drug-likeness (QED) is 0.878. The van der Waals surface area contributed by atoms with E-state index in [1.807, 2.05) is 24.3 Å². The highest BCUT2D eigenvalue weighted by Gasteiger charge is 2.11. The first-order valence-electron chi connectivity index (χ1n) is 5.56. The van der Waals surface area contributed by atoms with E-state index >= 15 is 0 Å². The van der Waals surface area contributed by atoms with Crippen molar-refractivity contribution in [3.05, 3.63) is 53.7 Å². The SMILES string of the molecule is COc1ccc(C(C)c2cccnc2N)cc1. The van der Waals surface area contributed by atoms with Crippen LogP contribution in [0.15, 0.2) is 42.6 Å². The third-order valence-electron chi connectivity index (χ3n) is 2.95. The smallest absolute Gasteiger partial charge is 0.127 e. The molecular formula is C14H16N2O. The van der Waals surface area contributed by atoms with Gasteiger partial charge in [-0.15, -0.1) is 0 Å². The van der Waals surface area contributed by atoms with Crippen LogP contribution in [0.2, 0.25) is 0 Å². The second-order valence-corrected chi connectivity index (χ2v) is 3.97. The highest BCUT2D eigenvalue weighted by Crippen LogP contribution is 2.28. The molecular weight excluding hydrogens is 212 g/mol. The lowest BCUT2D eigenvalue weighted by Gasteiger charge is -2.14. The molecule has 0 saturated heterocycles. The van der Waals surface area contributed by atoms with E-state index in [1.165, 1.54) is 5.56 Å². The molecule has 0 spiro atoms. The van der Waals surface area contributed by atoms with Gasteiger partial charge in [-0.3, -0.25) is 0 Å². The third-order valence-corrected chi connectivity index (χ3v) is 2.95. The van der Waals surface area contributed by atoms with E-state index in [9.17, 15) is 0 Å². The van der Waals surface area contributed by atoms with Gasteiger partial charge in [0.05, 0.1) is 7.11 Å². The molecule has 2 N–H and O–H groups in total. The van der Waals surface area contributed by atoms with Crippen LogP contribution in [-0.4, -0.2) is 12.1 Å². The number of nitrogen functional groups attached to an aromatic ring is 1. The van der Waals surface area contributed by atoms with E-state index in [-0.39, 0.29) is 5.92 Å². The molecule has 0 amide bonds. The lowest BCUT2D eigenvalue weighted by Crippen LogP contribution is -2.02. The molecule has 1 aromatic heterocycles. The molecule has 3 heteroatoms. The summed E-state index contributed by atoms with van der Waals surface area (Å²) in [4.78, 5) is 4.11. The van der Waals surface area contributed by atoms with Gasteiger partial charge in [-0.2, -0.15) is 0 Å². The molecule has 1 atom stereocenters. The molecule has 3 nitrogen and oxygen atoms in total. The summed E-state index contributed by atoms with van der Waals surface area (Å²) in [7, 11) is 1.66. The predicted octanol–water partition coefficient (Wildman–Crippen LogP) is 2.82. The maximum atomic E-state index is 5.88. The first kappa shape index (κ1) is 11.5. The zero-order chi connectivity index (χ0) is 12.3. The first-order chi connectivity index (χ1) is 8.22. The Morgan fingerprint density at radius 2 is 1.88 bits per heavy atom. The van der Waals surface area contributed by atoms with Gasteiger partial charge in [-0.05, 0) is 23.8 Å². The topological polar surface area (TPSA) is 48.1 Å². The maximum absolute atomic E-state index is 5.88. The molecule has 0 aliphatic heterocycles. The Morgan fingerprint density at radius 3 is 2.47 bits per heavy atom. The van der Waals surface area contributed by atoms with Crippen molar-refractivity contribution in [1.82, 2.24) is 4.98 Å². The number of ether oxygens (including phenoxy) is 1. The standard InChI is InChI=1S/C14H16N2O/c1-10(13-4-3-9-16-14(13)15)11-5-7-12(17-2)8-6-11/h3-10H,1-2H3,(H2,15,16). The lowest BCUT2D eigenvalue weighted by molar-refractivity contribution is 0.414. The Bertz CT molecular complexity index is 494. The Morgan fingerprint density at radius 1 is 1.18 bits per heavy atom. The second-order valence-electron chi connectivity index (χ2n) is 3.97. The van der Waals surface area contributed by atoms with Crippen LogP contribution in [0.1, 0.15) is 24.0 Å². The van der Waals surface area contributed by atoms with Gasteiger partial charge in [0.15, 0.2) is 0 Å². The van der Waals surface area contributed by atoms with Crippen molar-refractivity contribution in [3.63, 3.8) is 0 Å². The van der Waals surface area contributed by atoms with Crippen molar-refractivity contribution in [2.75, 3.05) is 12.8 Å². The van der Waals surface area contributed by atoms with Gasteiger partial charge in [0.1, 0.15) is 11.6 Å². The Labute approximate surface area is 101 Å². The van der Waals surface area contributed by atoms with E-state index in [4.69, 9.17) is 10.5 Å². The second kappa shape index (κ2) is 4.87. The van der Waals surface area contributed by atoms with Gasteiger partial charge in [0.25, 0.3) is 0 Å². The van der Waals surface area contributed by atoms with Crippen molar-refractivity contribution in [1.29, 1.82) is 0 Å². The fourth-order valence-electron chi connectivity index (χ4n) is 1.87. The maximum Gasteiger partial charge on any atom is 0.127 e. The minimum absolute atomic E-state index is 0.231. The minimum Gasteiger partial charge on any atom is -0.497 e. The summed E-state index contributed by atoms with van der Waals surface area (Å²) in [5.41, 5.74) is 8.13. The summed E-state index contributed by atoms with van der Waals surface area (Å²) < 4.78 is 5.14. The van der Waals surface area contributed by atoms with Crippen molar-refractivity contribution < 1.29 is 4.74 Å². The molecule has 17 heavy (non-hydrogen) atoms. The van der Waals surface area contributed by atoms with Gasteiger partial charge in [0.2, 0.25) is 0 Å². The van der Waals surface area contributed by atoms with Gasteiger partial charge < -0.3 is 10.5 Å². The summed E-state index contributed by atoms with van der Waals surface area (Å²) in [5.74, 6) is 1.69. The molecule has 0 saturated carbocycles. The van der Waals surface area contributed by atoms with E-state index in [0.29, 0.717) is 5.82 Å². The summed E-state index contributed by atoms with van der Waals surface area (Å²) in [6.45, 7) is 2.12. The summed E-state index contributed by atoms with van der Waals surface area (Å²) in [6.07, 6.45) is 1.71. The Hall–Kier alpha value is -2.03. The van der Waals surface area contributed by atoms with Crippen LogP contribution >= 0.6 is 0 Å². The number of nitrogens with two attached hydrogens (primary N) is 1. The van der Waals surface area contributed by atoms with Gasteiger partial charge in [-0.1, -0.05) is 25.1 Å². The highest BCUT2D eigenvalue weighted by molar-refractivity contribution is 5.46. The van der Waals surface area contributed by atoms with E-state index in [0.717, 1.165) is 11.3 Å². The number of nitrogens with zero attached hydrogens (tertiary/aromatic N) is 1. The summed E-state index contributed by atoms with van der Waals surface area (Å²) in [5, 5.41) is 0. The fraction of sp³-hybridized carbons (Fsp3) is 0.214. The zero-order valence-electron chi connectivity index (χ0n) is 10.1. The molecule has 0 bridgehead atoms. The Kier molecular flexibility index (Phi) is 3.28. The normalized spacial score (nSPS) is 12.1. The number of anilines is 1. The summed E-state index contributed by atoms with van der Waals surface area (Å²) >= 11 is 0. The van der Waals surface area contributed by atoms with Crippen LogP contribution in [0.4, 0.5) is 5.82 Å². The van der Waals surface area contributed by atoms with Gasteiger partial charge in [-0.25, -0.2) is 4.98 Å². The van der Waals surface area contributed by atoms with Crippen LogP contribution in [0, 0.1) is 0 Å². The number of pyridine rings is 1. The molecule has 88 valence electrons. The summed E-state index contributed by atoms with van der Waals surface area (Å²) in [6, 6.07) is 11.9. The van der Waals surface area contributed by atoms with Crippen LogP contribution in [0.3, 0.4) is 0 Å². The average Bonchev–Trinajstić information content (AvgIpc) is 2.39. The average molecular weight is 228 g/mol. The molecule has 0 aliphatic carbocycles. The fourth-order valence-corrected chi connectivity index (χ4v) is 1.87. The van der Waals surface area contributed by atoms with Gasteiger partial charge >= 0.3 is 0 Å². The third kappa shape index (κ3) is 2.38. The zero-order valence-corrected chi connectivity index (χ0v) is 10.1. The van der Waals surface area contributed by atoms with Crippen molar-refractivity contribution in [2.45, 2.75) is 12.8 Å². The van der Waals surface area contributed by atoms with Crippen molar-refractivity contribution in [3.8, 4) is 5.75 Å². The number of benzene rings is 1. The van der Waals surface area contributed by atoms with Gasteiger partial charge in [0, 0.05) is 17.7 Å². The number of methoxy groups -OCH3 is 1. The number of rotatable bonds is 3. The molecule has 0 aliphatic rings. The molecule has 2 rings (SSSR count). The van der Waals surface area contributed by atoms with Crippen LogP contribution in [0.5, 0.6) is 5.75 Å². The number of hydrogen-bond acceptors (Lipinski definition) is 3. The molecule has 1 unspecified atom stereocenters. The number of aromatic nitrogens is 1. The predicted molar refractivity (Wildman–Crippen MR) is 69.2 cm³/mol. The molecule has 0 fully saturated rings. The largest absolute Gasteiger partial charge is 0.497 e. The number of hydrogen-bond donors (Lipinski definition) is 1. The van der Waals surface area contributed by atoms with E-state index in [1.54, 1.807) is 13.3 Å². The highest BCUT2D eigenvalue weighted by atomic mass is 16.5. The lowest BCUT2D eigenvalue weighted by atomic mass is 9.93. The monoisotopic (exact) mass is 228 g/mol. The molecule has 1 aromatic carbocycles. The Balaban J connectivity index is 2.30.